The van der Waals surface area contributed by atoms with Gasteiger partial charge in [0.15, 0.2) is 5.82 Å². The molecule has 24 heavy (non-hydrogen) atoms. The number of aromatic nitrogens is 4. The molecular weight excluding hydrogens is 330 g/mol. The summed E-state index contributed by atoms with van der Waals surface area (Å²) in [6.07, 6.45) is 9.74. The average molecular weight is 342 g/mol. The van der Waals surface area contributed by atoms with Crippen LogP contribution in [-0.4, -0.2) is 33.2 Å². The molecule has 0 aliphatic heterocycles. The summed E-state index contributed by atoms with van der Waals surface area (Å²) in [5, 5.41) is 3.91. The molecule has 0 fully saturated rings. The topological polar surface area (TPSA) is 81.9 Å². The number of nitrogens with one attached hydrogen (secondary N) is 1. The highest BCUT2D eigenvalue weighted by Gasteiger charge is 2.17. The average Bonchev–Trinajstić information content (AvgIpc) is 2.59. The molecule has 2 aromatic heterocycles. The maximum absolute atomic E-state index is 12.5. The van der Waals surface area contributed by atoms with Crippen molar-refractivity contribution < 1.29 is 4.74 Å². The lowest BCUT2D eigenvalue weighted by atomic mass is 10.2. The molecule has 0 spiro atoms. The Morgan fingerprint density at radius 3 is 2.92 bits per heavy atom. The van der Waals surface area contributed by atoms with Crippen molar-refractivity contribution in [2.75, 3.05) is 19.0 Å². The fraction of sp³-hybridized carbons (Fsp3) is 0.125. The van der Waals surface area contributed by atoms with Gasteiger partial charge < -0.3 is 10.1 Å². The minimum atomic E-state index is -0.535. The van der Waals surface area contributed by atoms with Gasteiger partial charge in [-0.15, -0.1) is 6.42 Å². The molecule has 0 saturated carbocycles. The summed E-state index contributed by atoms with van der Waals surface area (Å²) in [6, 6.07) is 3.27. The van der Waals surface area contributed by atoms with E-state index in [4.69, 9.17) is 22.8 Å². The summed E-state index contributed by atoms with van der Waals surface area (Å²) in [4.78, 5) is 24.8. The van der Waals surface area contributed by atoms with Crippen molar-refractivity contribution in [1.82, 2.24) is 19.5 Å². The summed E-state index contributed by atoms with van der Waals surface area (Å²) in [5.74, 6) is 3.55. The van der Waals surface area contributed by atoms with Crippen LogP contribution in [0.3, 0.4) is 0 Å². The van der Waals surface area contributed by atoms with E-state index in [1.54, 1.807) is 12.1 Å². The highest BCUT2D eigenvalue weighted by Crippen LogP contribution is 2.33. The van der Waals surface area contributed by atoms with Gasteiger partial charge in [0.25, 0.3) is 0 Å². The third kappa shape index (κ3) is 2.75. The van der Waals surface area contributed by atoms with Crippen molar-refractivity contribution in [3.8, 4) is 23.9 Å². The van der Waals surface area contributed by atoms with E-state index in [2.05, 4.69) is 26.2 Å². The molecule has 120 valence electrons. The molecule has 0 radical (unpaired) electrons. The fourth-order valence-electron chi connectivity index (χ4n) is 2.34. The van der Waals surface area contributed by atoms with E-state index in [1.807, 2.05) is 0 Å². The molecule has 0 saturated heterocycles. The van der Waals surface area contributed by atoms with Gasteiger partial charge >= 0.3 is 5.69 Å². The minimum Gasteiger partial charge on any atom is -0.496 e. The molecule has 0 unspecified atom stereocenters. The van der Waals surface area contributed by atoms with Crippen LogP contribution in [0.25, 0.3) is 16.7 Å². The normalized spacial score (nSPS) is 10.4. The van der Waals surface area contributed by atoms with Crippen LogP contribution in [0.2, 0.25) is 5.02 Å². The highest BCUT2D eigenvalue weighted by molar-refractivity contribution is 6.31. The van der Waals surface area contributed by atoms with E-state index < -0.39 is 5.69 Å². The lowest BCUT2D eigenvalue weighted by Crippen LogP contribution is -2.24. The van der Waals surface area contributed by atoms with Crippen LogP contribution >= 0.6 is 11.6 Å². The van der Waals surface area contributed by atoms with E-state index in [1.165, 1.54) is 30.3 Å². The van der Waals surface area contributed by atoms with Gasteiger partial charge in [0.2, 0.25) is 0 Å². The van der Waals surface area contributed by atoms with Crippen LogP contribution in [0.4, 0.5) is 5.82 Å². The van der Waals surface area contributed by atoms with Crippen molar-refractivity contribution in [1.29, 1.82) is 0 Å². The zero-order valence-electron chi connectivity index (χ0n) is 12.7. The number of rotatable bonds is 4. The van der Waals surface area contributed by atoms with Crippen LogP contribution in [-0.2, 0) is 0 Å². The Labute approximate surface area is 142 Å². The molecule has 3 rings (SSSR count). The van der Waals surface area contributed by atoms with Crippen molar-refractivity contribution in [3.05, 3.63) is 46.2 Å². The number of fused-ring (bicyclic) bond motifs is 1. The minimum absolute atomic E-state index is 0.211. The first-order valence-corrected chi connectivity index (χ1v) is 7.27. The van der Waals surface area contributed by atoms with Crippen molar-refractivity contribution in [2.45, 2.75) is 0 Å². The van der Waals surface area contributed by atoms with Gasteiger partial charge in [-0.25, -0.2) is 14.3 Å². The second-order valence-corrected chi connectivity index (χ2v) is 5.14. The van der Waals surface area contributed by atoms with E-state index in [0.717, 1.165) is 0 Å². The predicted octanol–water partition coefficient (Wildman–Crippen LogP) is 1.88. The Morgan fingerprint density at radius 2 is 2.25 bits per heavy atom. The molecule has 1 N–H and O–H groups in total. The van der Waals surface area contributed by atoms with Crippen LogP contribution < -0.4 is 15.7 Å². The standard InChI is InChI=1S/C16H12ClN5O2/c1-3-4-20-15-14-11(7-10(17)8-12(14)24-2)22(16(23)21-15)13-9-18-5-6-19-13/h1,5-9H,4H2,2H3,(H,20,21,23). The fourth-order valence-corrected chi connectivity index (χ4v) is 2.54. The van der Waals surface area contributed by atoms with Crippen molar-refractivity contribution in [3.63, 3.8) is 0 Å². The molecule has 0 atom stereocenters. The van der Waals surface area contributed by atoms with Gasteiger partial charge in [0, 0.05) is 17.4 Å². The number of terminal acetylenes is 1. The summed E-state index contributed by atoms with van der Waals surface area (Å²) in [5.41, 5.74) is -0.0498. The maximum atomic E-state index is 12.5. The SMILES string of the molecule is C#CCNc1nc(=O)n(-c2cnccn2)c2cc(Cl)cc(OC)c12. The van der Waals surface area contributed by atoms with Gasteiger partial charge in [-0.1, -0.05) is 17.5 Å². The number of halogens is 1. The third-order valence-electron chi connectivity index (χ3n) is 3.28. The molecule has 1 aromatic carbocycles. The van der Waals surface area contributed by atoms with Crippen LogP contribution in [0, 0.1) is 12.3 Å². The van der Waals surface area contributed by atoms with Gasteiger partial charge in [-0.2, -0.15) is 4.98 Å². The van der Waals surface area contributed by atoms with Crippen LogP contribution in [0.15, 0.2) is 35.5 Å². The smallest absolute Gasteiger partial charge is 0.355 e. The molecule has 0 bridgehead atoms. The number of methoxy groups -OCH3 is 1. The molecule has 8 heteroatoms. The van der Waals surface area contributed by atoms with Gasteiger partial charge in [0.1, 0.15) is 11.6 Å². The molecule has 3 aromatic rings. The highest BCUT2D eigenvalue weighted by atomic mass is 35.5. The van der Waals surface area contributed by atoms with E-state index in [0.29, 0.717) is 33.3 Å². The Balaban J connectivity index is 2.43. The quantitative estimate of drug-likeness (QED) is 0.730. The third-order valence-corrected chi connectivity index (χ3v) is 3.50. The Morgan fingerprint density at radius 1 is 1.42 bits per heavy atom. The monoisotopic (exact) mass is 341 g/mol. The summed E-state index contributed by atoms with van der Waals surface area (Å²) in [7, 11) is 1.51. The second-order valence-electron chi connectivity index (χ2n) is 4.70. The zero-order valence-corrected chi connectivity index (χ0v) is 13.4. The Hall–Kier alpha value is -3.11. The molecule has 7 nitrogen and oxygen atoms in total. The first-order chi connectivity index (χ1) is 11.7. The summed E-state index contributed by atoms with van der Waals surface area (Å²) in [6.45, 7) is 0.211. The Kier molecular flexibility index (Phi) is 4.31. The van der Waals surface area contributed by atoms with Crippen LogP contribution in [0.1, 0.15) is 0 Å². The number of ether oxygens (including phenoxy) is 1. The molecule has 0 amide bonds. The Bertz CT molecular complexity index is 995. The molecule has 2 heterocycles. The summed E-state index contributed by atoms with van der Waals surface area (Å²) < 4.78 is 6.71. The lowest BCUT2D eigenvalue weighted by Gasteiger charge is -2.15. The second kappa shape index (κ2) is 6.56. The van der Waals surface area contributed by atoms with Gasteiger partial charge in [0.05, 0.1) is 30.8 Å². The van der Waals surface area contributed by atoms with Crippen molar-refractivity contribution in [2.24, 2.45) is 0 Å². The lowest BCUT2D eigenvalue weighted by molar-refractivity contribution is 0.419. The van der Waals surface area contributed by atoms with Crippen LogP contribution in [0.5, 0.6) is 5.75 Å². The summed E-state index contributed by atoms with van der Waals surface area (Å²) >= 11 is 6.17. The number of hydrogen-bond donors (Lipinski definition) is 1. The van der Waals surface area contributed by atoms with Gasteiger partial charge in [-0.05, 0) is 12.1 Å². The van der Waals surface area contributed by atoms with E-state index in [9.17, 15) is 4.79 Å². The number of nitrogens with zero attached hydrogens (tertiary/aromatic N) is 4. The molecule has 0 aliphatic rings. The predicted molar refractivity (Wildman–Crippen MR) is 91.8 cm³/mol. The zero-order chi connectivity index (χ0) is 17.1. The molecule has 0 aliphatic carbocycles. The van der Waals surface area contributed by atoms with E-state index >= 15 is 0 Å². The molecular formula is C16H12ClN5O2. The number of benzene rings is 1. The first kappa shape index (κ1) is 15.8. The number of anilines is 1. The maximum Gasteiger partial charge on any atom is 0.355 e. The largest absolute Gasteiger partial charge is 0.496 e. The number of hydrogen-bond acceptors (Lipinski definition) is 6. The van der Waals surface area contributed by atoms with Gasteiger partial charge in [-0.3, -0.25) is 4.98 Å². The van der Waals surface area contributed by atoms with Crippen molar-refractivity contribution >= 4 is 28.3 Å². The van der Waals surface area contributed by atoms with E-state index in [-0.39, 0.29) is 6.54 Å². The first-order valence-electron chi connectivity index (χ1n) is 6.89.